The average molecular weight is 377 g/mol. The summed E-state index contributed by atoms with van der Waals surface area (Å²) in [7, 11) is 2.08. The van der Waals surface area contributed by atoms with Crippen molar-refractivity contribution >= 4 is 33.4 Å². The van der Waals surface area contributed by atoms with Crippen molar-refractivity contribution in [2.75, 3.05) is 5.32 Å². The lowest BCUT2D eigenvalue weighted by atomic mass is 9.94. The third kappa shape index (κ3) is 2.45. The molecule has 0 saturated heterocycles. The maximum absolute atomic E-state index is 11.6. The van der Waals surface area contributed by atoms with Crippen molar-refractivity contribution in [3.05, 3.63) is 60.7 Å². The Morgan fingerprint density at radius 1 is 0.889 bits per heavy atom. The van der Waals surface area contributed by atoms with Crippen LogP contribution in [0.2, 0.25) is 0 Å². The number of hydrogen-bond donors (Lipinski definition) is 1. The van der Waals surface area contributed by atoms with Gasteiger partial charge in [0, 0.05) is 30.2 Å². The fourth-order valence-corrected chi connectivity index (χ4v) is 3.86. The summed E-state index contributed by atoms with van der Waals surface area (Å²) in [5, 5.41) is 5.04. The van der Waals surface area contributed by atoms with Crippen molar-refractivity contribution < 1.29 is 26.5 Å². The standard InChI is InChI=1S/C22H16N2O2.ClH/c1-13(25)23-17-10-5-9-15-14-8-6-12-19-20(14)22(26-21(15)17)16-7-3-4-11-18(16)24(19)2;/h3-12H,1-2H3;1H. The molecular formula is C22H17ClN2O2. The Bertz CT molecular complexity index is 1230. The van der Waals surface area contributed by atoms with Gasteiger partial charge in [0.2, 0.25) is 16.9 Å². The molecule has 0 aliphatic carbocycles. The lowest BCUT2D eigenvalue weighted by molar-refractivity contribution is -0.617. The van der Waals surface area contributed by atoms with E-state index in [1.807, 2.05) is 30.3 Å². The van der Waals surface area contributed by atoms with Crippen LogP contribution < -0.4 is 27.0 Å². The lowest BCUT2D eigenvalue weighted by Crippen LogP contribution is -3.00. The van der Waals surface area contributed by atoms with E-state index in [2.05, 4.69) is 47.3 Å². The van der Waals surface area contributed by atoms with Gasteiger partial charge in [0.05, 0.1) is 16.5 Å². The average Bonchev–Trinajstić information content (AvgIpc) is 2.65. The zero-order chi connectivity index (χ0) is 17.8. The number of carbonyl (C=O) groups excluding carboxylic acids is 1. The van der Waals surface area contributed by atoms with Crippen LogP contribution in [0, 0.1) is 0 Å². The highest BCUT2D eigenvalue weighted by molar-refractivity contribution is 6.09. The lowest BCUT2D eigenvalue weighted by Gasteiger charge is -2.23. The molecule has 27 heavy (non-hydrogen) atoms. The van der Waals surface area contributed by atoms with E-state index in [4.69, 9.17) is 4.74 Å². The van der Waals surface area contributed by atoms with Crippen LogP contribution in [0.15, 0.2) is 60.7 Å². The maximum atomic E-state index is 11.6. The highest BCUT2D eigenvalue weighted by atomic mass is 35.5. The zero-order valence-electron chi connectivity index (χ0n) is 14.9. The largest absolute Gasteiger partial charge is 1.00 e. The molecule has 0 atom stereocenters. The van der Waals surface area contributed by atoms with E-state index >= 15 is 0 Å². The van der Waals surface area contributed by atoms with Crippen LogP contribution in [0.3, 0.4) is 0 Å². The van der Waals surface area contributed by atoms with Crippen molar-refractivity contribution in [2.45, 2.75) is 6.92 Å². The number of nitrogens with zero attached hydrogens (tertiary/aromatic N) is 1. The Morgan fingerprint density at radius 2 is 1.59 bits per heavy atom. The van der Waals surface area contributed by atoms with Crippen molar-refractivity contribution in [1.29, 1.82) is 0 Å². The van der Waals surface area contributed by atoms with Crippen molar-refractivity contribution in [3.8, 4) is 22.6 Å². The summed E-state index contributed by atoms with van der Waals surface area (Å²) in [6.07, 6.45) is 0. The summed E-state index contributed by atoms with van der Waals surface area (Å²) in [5.74, 6) is 1.42. The first-order chi connectivity index (χ1) is 12.6. The van der Waals surface area contributed by atoms with Crippen molar-refractivity contribution in [1.82, 2.24) is 0 Å². The Balaban J connectivity index is 0.00000180. The number of benzene rings is 3. The smallest absolute Gasteiger partial charge is 0.221 e. The van der Waals surface area contributed by atoms with Gasteiger partial charge in [0.25, 0.3) is 0 Å². The number of fused-ring (bicyclic) bond motifs is 4. The number of aromatic nitrogens is 1. The van der Waals surface area contributed by atoms with Crippen LogP contribution in [0.5, 0.6) is 11.5 Å². The maximum Gasteiger partial charge on any atom is 0.221 e. The van der Waals surface area contributed by atoms with Crippen LogP contribution in [-0.4, -0.2) is 5.91 Å². The van der Waals surface area contributed by atoms with Gasteiger partial charge in [0.1, 0.15) is 7.05 Å². The normalized spacial score (nSPS) is 11.5. The predicted molar refractivity (Wildman–Crippen MR) is 102 cm³/mol. The number of hydrogen-bond acceptors (Lipinski definition) is 2. The molecule has 0 spiro atoms. The summed E-state index contributed by atoms with van der Waals surface area (Å²) in [6, 6.07) is 20.4. The summed E-state index contributed by atoms with van der Waals surface area (Å²) in [6.45, 7) is 1.51. The molecule has 0 fully saturated rings. The van der Waals surface area contributed by atoms with Crippen LogP contribution in [0.4, 0.5) is 5.69 Å². The van der Waals surface area contributed by atoms with Gasteiger partial charge < -0.3 is 22.5 Å². The van der Waals surface area contributed by atoms with E-state index in [0.717, 1.165) is 38.7 Å². The monoisotopic (exact) mass is 376 g/mol. The Morgan fingerprint density at radius 3 is 2.41 bits per heavy atom. The number of aryl methyl sites for hydroxylation is 1. The summed E-state index contributed by atoms with van der Waals surface area (Å²) in [4.78, 5) is 11.6. The fraction of sp³-hybridized carbons (Fsp3) is 0.0909. The molecule has 0 radical (unpaired) electrons. The molecule has 3 aromatic carbocycles. The molecule has 0 unspecified atom stereocenters. The number of ether oxygens (including phenoxy) is 1. The quantitative estimate of drug-likeness (QED) is 0.356. The molecule has 134 valence electrons. The second-order valence-corrected chi connectivity index (χ2v) is 6.57. The molecule has 4 nitrogen and oxygen atoms in total. The summed E-state index contributed by atoms with van der Waals surface area (Å²) >= 11 is 0. The van der Waals surface area contributed by atoms with Crippen LogP contribution in [-0.2, 0) is 11.8 Å². The highest BCUT2D eigenvalue weighted by Gasteiger charge is 2.28. The second-order valence-electron chi connectivity index (χ2n) is 6.57. The molecule has 1 N–H and O–H groups in total. The fourth-order valence-electron chi connectivity index (χ4n) is 3.86. The van der Waals surface area contributed by atoms with Gasteiger partial charge in [-0.2, -0.15) is 4.57 Å². The van der Waals surface area contributed by atoms with Crippen LogP contribution >= 0.6 is 0 Å². The van der Waals surface area contributed by atoms with Crippen molar-refractivity contribution in [3.63, 3.8) is 0 Å². The first-order valence-corrected chi connectivity index (χ1v) is 8.57. The predicted octanol–water partition coefficient (Wildman–Crippen LogP) is 1.55. The van der Waals surface area contributed by atoms with Crippen LogP contribution in [0.1, 0.15) is 6.92 Å². The molecular weight excluding hydrogens is 360 g/mol. The number of nitrogens with one attached hydrogen (secondary N) is 1. The zero-order valence-corrected chi connectivity index (χ0v) is 15.7. The number of amides is 1. The number of pyridine rings is 1. The molecule has 4 aromatic rings. The van der Waals surface area contributed by atoms with E-state index in [-0.39, 0.29) is 18.3 Å². The van der Waals surface area contributed by atoms with Gasteiger partial charge in [-0.1, -0.05) is 36.4 Å². The molecule has 5 rings (SSSR count). The molecule has 1 aliphatic rings. The van der Waals surface area contributed by atoms with Crippen LogP contribution in [0.25, 0.3) is 32.9 Å². The molecule has 2 heterocycles. The van der Waals surface area contributed by atoms with Gasteiger partial charge in [0.15, 0.2) is 11.5 Å². The van der Waals surface area contributed by atoms with Gasteiger partial charge >= 0.3 is 0 Å². The minimum atomic E-state index is -0.115. The summed E-state index contributed by atoms with van der Waals surface area (Å²) < 4.78 is 8.62. The van der Waals surface area contributed by atoms with E-state index in [9.17, 15) is 4.79 Å². The minimum absolute atomic E-state index is 0. The number of halogens is 1. The van der Waals surface area contributed by atoms with E-state index in [1.165, 1.54) is 6.92 Å². The van der Waals surface area contributed by atoms with E-state index in [1.54, 1.807) is 0 Å². The Labute approximate surface area is 162 Å². The van der Waals surface area contributed by atoms with Gasteiger partial charge in [-0.15, -0.1) is 0 Å². The first kappa shape index (κ1) is 17.3. The Kier molecular flexibility index (Phi) is 4.01. The molecule has 5 heteroatoms. The van der Waals surface area contributed by atoms with Gasteiger partial charge in [-0.3, -0.25) is 4.79 Å². The van der Waals surface area contributed by atoms with E-state index in [0.29, 0.717) is 11.4 Å². The molecule has 1 aromatic heterocycles. The molecule has 0 bridgehead atoms. The number of para-hydroxylation sites is 2. The van der Waals surface area contributed by atoms with E-state index < -0.39 is 0 Å². The first-order valence-electron chi connectivity index (χ1n) is 8.57. The topological polar surface area (TPSA) is 42.2 Å². The second kappa shape index (κ2) is 6.25. The van der Waals surface area contributed by atoms with Gasteiger partial charge in [-0.05, 0) is 12.1 Å². The Hall–Kier alpha value is -3.11. The number of carbonyl (C=O) groups is 1. The number of anilines is 1. The molecule has 1 amide bonds. The summed E-state index contributed by atoms with van der Waals surface area (Å²) in [5.41, 5.74) is 5.02. The third-order valence-corrected chi connectivity index (χ3v) is 4.96. The molecule has 1 aliphatic heterocycles. The third-order valence-electron chi connectivity index (χ3n) is 4.96. The van der Waals surface area contributed by atoms with Crippen molar-refractivity contribution in [2.24, 2.45) is 7.05 Å². The van der Waals surface area contributed by atoms with Gasteiger partial charge in [-0.25, -0.2) is 0 Å². The number of rotatable bonds is 1. The SMILES string of the molecule is CC(=O)Nc1cccc2c1Oc1c3ccccc3[n+](C)c3cccc-2c13.[Cl-]. The minimum Gasteiger partial charge on any atom is -1.00 e. The highest BCUT2D eigenvalue weighted by Crippen LogP contribution is 2.50. The molecule has 0 saturated carbocycles.